The van der Waals surface area contributed by atoms with Crippen molar-refractivity contribution in [3.63, 3.8) is 0 Å². The van der Waals surface area contributed by atoms with E-state index >= 15 is 0 Å². The molecule has 3 aromatic carbocycles. The van der Waals surface area contributed by atoms with Crippen LogP contribution in [0.2, 0.25) is 0 Å². The van der Waals surface area contributed by atoms with Crippen LogP contribution in [0.15, 0.2) is 78.9 Å². The standard InChI is InChI=1S/C36H45N5O4/c1-25(35(44)39-29-16-9-4-10-17-29)37-24-33(42)32(20-26-12-5-2-6-13-26)40-36(45)27-21-30(38-28-14-7-3-8-15-28)23-31(22-27)41-19-11-18-34(41)43/h2-3,5-8,12-15,21-23,25,29,32-33,37-38,42H,4,9-11,16-20,24H2,1H3,(H,39,44)(H,40,45)/t25-,32-,33-/m0/s1. The number of benzene rings is 3. The van der Waals surface area contributed by atoms with Crippen molar-refractivity contribution < 1.29 is 19.5 Å². The zero-order chi connectivity index (χ0) is 31.6. The van der Waals surface area contributed by atoms with Crippen molar-refractivity contribution in [3.8, 4) is 0 Å². The van der Waals surface area contributed by atoms with Gasteiger partial charge in [-0.05, 0) is 68.5 Å². The number of carbonyl (C=O) groups excluding carboxylic acids is 3. The molecule has 3 amide bonds. The number of carbonyl (C=O) groups is 3. The minimum atomic E-state index is -0.968. The average Bonchev–Trinajstić information content (AvgIpc) is 3.50. The molecule has 3 atom stereocenters. The van der Waals surface area contributed by atoms with Crippen LogP contribution in [0.4, 0.5) is 17.1 Å². The fraction of sp³-hybridized carbons (Fsp3) is 0.417. The highest BCUT2D eigenvalue weighted by molar-refractivity contribution is 6.00. The Labute approximate surface area is 265 Å². The van der Waals surface area contributed by atoms with Crippen LogP contribution in [0.25, 0.3) is 0 Å². The second-order valence-electron chi connectivity index (χ2n) is 12.2. The highest BCUT2D eigenvalue weighted by Crippen LogP contribution is 2.28. The van der Waals surface area contributed by atoms with Gasteiger partial charge < -0.3 is 31.3 Å². The monoisotopic (exact) mass is 611 g/mol. The van der Waals surface area contributed by atoms with Crippen LogP contribution in [0.5, 0.6) is 0 Å². The molecule has 9 nitrogen and oxygen atoms in total. The maximum atomic E-state index is 13.8. The molecule has 2 fully saturated rings. The van der Waals surface area contributed by atoms with Gasteiger partial charge in [-0.3, -0.25) is 14.4 Å². The molecule has 5 rings (SSSR count). The van der Waals surface area contributed by atoms with Crippen molar-refractivity contribution in [1.82, 2.24) is 16.0 Å². The molecule has 0 bridgehead atoms. The predicted octanol–water partition coefficient (Wildman–Crippen LogP) is 4.69. The van der Waals surface area contributed by atoms with E-state index in [0.717, 1.165) is 43.4 Å². The first-order valence-electron chi connectivity index (χ1n) is 16.2. The topological polar surface area (TPSA) is 123 Å². The molecule has 0 unspecified atom stereocenters. The largest absolute Gasteiger partial charge is 0.390 e. The quantitative estimate of drug-likeness (QED) is 0.191. The fourth-order valence-electron chi connectivity index (χ4n) is 6.09. The Hall–Kier alpha value is -4.21. The van der Waals surface area contributed by atoms with Crippen molar-refractivity contribution in [2.45, 2.75) is 82.5 Å². The minimum absolute atomic E-state index is 0.0308. The lowest BCUT2D eigenvalue weighted by atomic mass is 9.95. The third-order valence-corrected chi connectivity index (χ3v) is 8.68. The number of aliphatic hydroxyl groups is 1. The summed E-state index contributed by atoms with van der Waals surface area (Å²) in [7, 11) is 0. The SMILES string of the molecule is C[C@H](NC[C@H](O)[C@H](Cc1ccccc1)NC(=O)c1cc(Nc2ccccc2)cc(N2CCCC2=O)c1)C(=O)NC1CCCCC1. The van der Waals surface area contributed by atoms with Gasteiger partial charge in [-0.15, -0.1) is 0 Å². The second-order valence-corrected chi connectivity index (χ2v) is 12.2. The van der Waals surface area contributed by atoms with Crippen molar-refractivity contribution in [1.29, 1.82) is 0 Å². The number of hydrogen-bond donors (Lipinski definition) is 5. The number of nitrogens with zero attached hydrogens (tertiary/aromatic N) is 1. The van der Waals surface area contributed by atoms with Gasteiger partial charge in [0.1, 0.15) is 0 Å². The Bertz CT molecular complexity index is 1430. The summed E-state index contributed by atoms with van der Waals surface area (Å²) in [5, 5.41) is 24.1. The molecule has 1 heterocycles. The summed E-state index contributed by atoms with van der Waals surface area (Å²) in [6.45, 7) is 2.52. The first kappa shape index (κ1) is 32.2. The molecule has 0 aromatic heterocycles. The summed E-state index contributed by atoms with van der Waals surface area (Å²) in [6, 6.07) is 23.8. The average molecular weight is 612 g/mol. The summed E-state index contributed by atoms with van der Waals surface area (Å²) in [5.41, 5.74) is 3.54. The smallest absolute Gasteiger partial charge is 0.251 e. The van der Waals surface area contributed by atoms with Crippen LogP contribution in [-0.4, -0.2) is 60.1 Å². The highest BCUT2D eigenvalue weighted by atomic mass is 16.3. The van der Waals surface area contributed by atoms with Gasteiger partial charge in [0.05, 0.1) is 18.2 Å². The van der Waals surface area contributed by atoms with E-state index in [0.29, 0.717) is 36.3 Å². The van der Waals surface area contributed by atoms with Gasteiger partial charge in [0.15, 0.2) is 0 Å². The molecule has 2 aliphatic rings. The van der Waals surface area contributed by atoms with E-state index in [-0.39, 0.29) is 30.3 Å². The molecular weight excluding hydrogens is 566 g/mol. The van der Waals surface area contributed by atoms with E-state index < -0.39 is 18.2 Å². The van der Waals surface area contributed by atoms with Gasteiger partial charge in [0, 0.05) is 48.2 Å². The Morgan fingerprint density at radius 2 is 1.62 bits per heavy atom. The summed E-state index contributed by atoms with van der Waals surface area (Å²) < 4.78 is 0. The van der Waals surface area contributed by atoms with Crippen LogP contribution in [0.1, 0.15) is 67.8 Å². The molecule has 1 saturated heterocycles. The second kappa shape index (κ2) is 15.7. The Balaban J connectivity index is 1.31. The number of hydrogen-bond acceptors (Lipinski definition) is 6. The normalized spacial score (nSPS) is 17.4. The number of nitrogens with one attached hydrogen (secondary N) is 4. The zero-order valence-corrected chi connectivity index (χ0v) is 26.0. The van der Waals surface area contributed by atoms with E-state index in [9.17, 15) is 19.5 Å². The van der Waals surface area contributed by atoms with Crippen molar-refractivity contribution in [3.05, 3.63) is 90.0 Å². The number of para-hydroxylation sites is 1. The van der Waals surface area contributed by atoms with Gasteiger partial charge in [0.2, 0.25) is 11.8 Å². The van der Waals surface area contributed by atoms with E-state index in [1.807, 2.05) is 66.7 Å². The lowest BCUT2D eigenvalue weighted by molar-refractivity contribution is -0.123. The Morgan fingerprint density at radius 1 is 0.911 bits per heavy atom. The maximum absolute atomic E-state index is 13.8. The van der Waals surface area contributed by atoms with Crippen molar-refractivity contribution in [2.24, 2.45) is 0 Å². The predicted molar refractivity (Wildman–Crippen MR) is 178 cm³/mol. The number of amides is 3. The minimum Gasteiger partial charge on any atom is -0.390 e. The van der Waals surface area contributed by atoms with Gasteiger partial charge in [0.25, 0.3) is 5.91 Å². The molecule has 5 N–H and O–H groups in total. The lowest BCUT2D eigenvalue weighted by Gasteiger charge is -2.28. The first-order valence-corrected chi connectivity index (χ1v) is 16.2. The summed E-state index contributed by atoms with van der Waals surface area (Å²) in [5.74, 6) is -0.407. The molecule has 238 valence electrons. The third-order valence-electron chi connectivity index (χ3n) is 8.68. The van der Waals surface area contributed by atoms with Crippen molar-refractivity contribution >= 4 is 34.8 Å². The molecule has 0 radical (unpaired) electrons. The van der Waals surface area contributed by atoms with Crippen LogP contribution >= 0.6 is 0 Å². The molecule has 3 aromatic rings. The summed E-state index contributed by atoms with van der Waals surface area (Å²) in [6.07, 6.45) is 6.16. The van der Waals surface area contributed by atoms with E-state index in [4.69, 9.17) is 0 Å². The molecular formula is C36H45N5O4. The maximum Gasteiger partial charge on any atom is 0.251 e. The number of aliphatic hydroxyl groups excluding tert-OH is 1. The van der Waals surface area contributed by atoms with Crippen LogP contribution < -0.4 is 26.2 Å². The molecule has 1 aliphatic heterocycles. The van der Waals surface area contributed by atoms with Crippen LogP contribution in [0, 0.1) is 0 Å². The van der Waals surface area contributed by atoms with E-state index in [2.05, 4.69) is 21.3 Å². The lowest BCUT2D eigenvalue weighted by Crippen LogP contribution is -2.53. The third kappa shape index (κ3) is 9.15. The zero-order valence-electron chi connectivity index (χ0n) is 26.0. The summed E-state index contributed by atoms with van der Waals surface area (Å²) in [4.78, 5) is 41.0. The van der Waals surface area contributed by atoms with E-state index in [1.54, 1.807) is 24.0 Å². The number of rotatable bonds is 13. The van der Waals surface area contributed by atoms with Gasteiger partial charge in [-0.25, -0.2) is 0 Å². The Kier molecular flexibility index (Phi) is 11.2. The Morgan fingerprint density at radius 3 is 2.31 bits per heavy atom. The summed E-state index contributed by atoms with van der Waals surface area (Å²) >= 11 is 0. The van der Waals surface area contributed by atoms with Crippen LogP contribution in [0.3, 0.4) is 0 Å². The molecule has 1 aliphatic carbocycles. The van der Waals surface area contributed by atoms with E-state index in [1.165, 1.54) is 6.42 Å². The molecule has 1 saturated carbocycles. The number of anilines is 3. The van der Waals surface area contributed by atoms with Gasteiger partial charge in [-0.1, -0.05) is 67.8 Å². The van der Waals surface area contributed by atoms with Gasteiger partial charge >= 0.3 is 0 Å². The van der Waals surface area contributed by atoms with Crippen molar-refractivity contribution in [2.75, 3.05) is 23.3 Å². The molecule has 45 heavy (non-hydrogen) atoms. The highest BCUT2D eigenvalue weighted by Gasteiger charge is 2.27. The van der Waals surface area contributed by atoms with Crippen LogP contribution in [-0.2, 0) is 16.0 Å². The molecule has 9 heteroatoms. The molecule has 0 spiro atoms. The fourth-order valence-corrected chi connectivity index (χ4v) is 6.09. The first-order chi connectivity index (χ1) is 21.9. The van der Waals surface area contributed by atoms with Gasteiger partial charge in [-0.2, -0.15) is 0 Å².